The quantitative estimate of drug-likeness (QED) is 0.838. The second-order valence-electron chi connectivity index (χ2n) is 7.33. The first-order valence-electron chi connectivity index (χ1n) is 9.23. The minimum absolute atomic E-state index is 0.163. The average Bonchev–Trinajstić information content (AvgIpc) is 3.41. The van der Waals surface area contributed by atoms with Crippen LogP contribution in [0.4, 0.5) is 0 Å². The number of likely N-dealkylation sites (tertiary alicyclic amines) is 2. The minimum atomic E-state index is -0.303. The lowest BCUT2D eigenvalue weighted by atomic mass is 9.96. The third-order valence-corrected chi connectivity index (χ3v) is 5.43. The maximum atomic E-state index is 12.3. The smallest absolute Gasteiger partial charge is 0.269 e. The van der Waals surface area contributed by atoms with Crippen LogP contribution in [0.1, 0.15) is 31.4 Å². The first-order chi connectivity index (χ1) is 12.2. The lowest BCUT2D eigenvalue weighted by molar-refractivity contribution is -0.115. The molecule has 0 aromatic carbocycles. The van der Waals surface area contributed by atoms with Gasteiger partial charge in [-0.1, -0.05) is 5.16 Å². The van der Waals surface area contributed by atoms with Crippen molar-refractivity contribution in [1.82, 2.24) is 15.1 Å². The van der Waals surface area contributed by atoms with Crippen LogP contribution in [0, 0.1) is 0 Å². The Morgan fingerprint density at radius 3 is 2.88 bits per heavy atom. The Kier molecular flexibility index (Phi) is 4.76. The van der Waals surface area contributed by atoms with E-state index in [1.807, 2.05) is 12.1 Å². The van der Waals surface area contributed by atoms with Crippen molar-refractivity contribution in [2.24, 2.45) is 5.16 Å². The number of furan rings is 1. The van der Waals surface area contributed by atoms with Crippen molar-refractivity contribution in [3.63, 3.8) is 0 Å². The van der Waals surface area contributed by atoms with Gasteiger partial charge >= 0.3 is 0 Å². The summed E-state index contributed by atoms with van der Waals surface area (Å²) in [5, 5.41) is 6.92. The third-order valence-electron chi connectivity index (χ3n) is 5.43. The number of hydrogen-bond acceptors (Lipinski definition) is 6. The molecule has 1 spiro atoms. The van der Waals surface area contributed by atoms with Crippen LogP contribution < -0.4 is 5.32 Å². The Labute approximate surface area is 148 Å². The van der Waals surface area contributed by atoms with Crippen molar-refractivity contribution >= 4 is 11.6 Å². The molecule has 1 aromatic rings. The summed E-state index contributed by atoms with van der Waals surface area (Å²) in [5.41, 5.74) is 0.190. The molecule has 1 amide bonds. The molecular formula is C18H26N4O3. The summed E-state index contributed by atoms with van der Waals surface area (Å²) in [6.07, 6.45) is 5.79. The lowest BCUT2D eigenvalue weighted by Gasteiger charge is -2.23. The predicted octanol–water partition coefficient (Wildman–Crippen LogP) is 1.21. The van der Waals surface area contributed by atoms with Crippen LogP contribution in [0.3, 0.4) is 0 Å². The molecule has 2 fully saturated rings. The fraction of sp³-hybridized carbons (Fsp3) is 0.667. The summed E-state index contributed by atoms with van der Waals surface area (Å²) in [7, 11) is 0. The monoisotopic (exact) mass is 346 g/mol. The number of nitrogens with one attached hydrogen (secondary N) is 1. The van der Waals surface area contributed by atoms with E-state index in [1.54, 1.807) is 6.26 Å². The second-order valence-corrected chi connectivity index (χ2v) is 7.33. The molecule has 1 N–H and O–H groups in total. The molecule has 1 aromatic heterocycles. The molecule has 136 valence electrons. The van der Waals surface area contributed by atoms with Gasteiger partial charge in [-0.2, -0.15) is 0 Å². The molecule has 0 aliphatic carbocycles. The molecule has 25 heavy (non-hydrogen) atoms. The number of rotatable bonds is 6. The molecule has 0 unspecified atom stereocenters. The van der Waals surface area contributed by atoms with E-state index in [9.17, 15) is 4.79 Å². The zero-order valence-corrected chi connectivity index (χ0v) is 14.6. The average molecular weight is 346 g/mol. The van der Waals surface area contributed by atoms with E-state index in [2.05, 4.69) is 20.3 Å². The summed E-state index contributed by atoms with van der Waals surface area (Å²) in [5.74, 6) is 0.570. The van der Waals surface area contributed by atoms with Crippen molar-refractivity contribution in [2.45, 2.75) is 37.8 Å². The van der Waals surface area contributed by atoms with Gasteiger partial charge in [0, 0.05) is 39.0 Å². The van der Waals surface area contributed by atoms with Crippen LogP contribution in [0.2, 0.25) is 0 Å². The highest BCUT2D eigenvalue weighted by atomic mass is 16.7. The summed E-state index contributed by atoms with van der Waals surface area (Å²) in [4.78, 5) is 23.0. The Bertz CT molecular complexity index is 624. The Hall–Kier alpha value is -1.86. The molecule has 3 aliphatic rings. The van der Waals surface area contributed by atoms with Gasteiger partial charge in [0.25, 0.3) is 5.91 Å². The summed E-state index contributed by atoms with van der Waals surface area (Å²) < 4.78 is 5.23. The fourth-order valence-electron chi connectivity index (χ4n) is 3.95. The predicted molar refractivity (Wildman–Crippen MR) is 93.2 cm³/mol. The van der Waals surface area contributed by atoms with Crippen molar-refractivity contribution < 1.29 is 14.0 Å². The van der Waals surface area contributed by atoms with Crippen molar-refractivity contribution in [3.05, 3.63) is 24.2 Å². The van der Waals surface area contributed by atoms with Gasteiger partial charge in [-0.05, 0) is 38.1 Å². The maximum Gasteiger partial charge on any atom is 0.269 e. The van der Waals surface area contributed by atoms with E-state index in [0.29, 0.717) is 18.7 Å². The summed E-state index contributed by atoms with van der Waals surface area (Å²) in [6, 6.07) is 3.64. The number of hydrogen-bond donors (Lipinski definition) is 1. The molecular weight excluding hydrogens is 320 g/mol. The van der Waals surface area contributed by atoms with E-state index >= 15 is 0 Å². The van der Waals surface area contributed by atoms with Crippen LogP contribution in [0.15, 0.2) is 28.0 Å². The fourth-order valence-corrected chi connectivity index (χ4v) is 3.95. The van der Waals surface area contributed by atoms with Crippen molar-refractivity contribution in [3.8, 4) is 0 Å². The van der Waals surface area contributed by atoms with Crippen molar-refractivity contribution in [1.29, 1.82) is 0 Å². The SMILES string of the molecule is O=C(NCc1ccco1)C1=NO[C@]2(CCN(CCN3CCCC3)C2)C1. The van der Waals surface area contributed by atoms with Crippen LogP contribution in [-0.2, 0) is 16.2 Å². The van der Waals surface area contributed by atoms with Crippen LogP contribution in [0.5, 0.6) is 0 Å². The number of oxime groups is 1. The largest absolute Gasteiger partial charge is 0.467 e. The lowest BCUT2D eigenvalue weighted by Crippen LogP contribution is -2.38. The van der Waals surface area contributed by atoms with Crippen LogP contribution in [-0.4, -0.2) is 66.3 Å². The normalized spacial score (nSPS) is 27.0. The molecule has 3 aliphatic heterocycles. The van der Waals surface area contributed by atoms with E-state index in [1.165, 1.54) is 25.9 Å². The number of nitrogens with zero attached hydrogens (tertiary/aromatic N) is 3. The molecule has 2 saturated heterocycles. The van der Waals surface area contributed by atoms with Gasteiger partial charge < -0.3 is 19.5 Å². The number of carbonyl (C=O) groups is 1. The molecule has 0 saturated carbocycles. The van der Waals surface area contributed by atoms with Gasteiger partial charge in [0.2, 0.25) is 0 Å². The van der Waals surface area contributed by atoms with Gasteiger partial charge in [0.15, 0.2) is 5.60 Å². The molecule has 7 nitrogen and oxygen atoms in total. The zero-order chi connectivity index (χ0) is 17.1. The highest BCUT2D eigenvalue weighted by Crippen LogP contribution is 2.33. The van der Waals surface area contributed by atoms with E-state index in [0.717, 1.165) is 38.4 Å². The van der Waals surface area contributed by atoms with Crippen LogP contribution in [0.25, 0.3) is 0 Å². The standard InChI is InChI=1S/C18H26N4O3/c23-17(19-13-15-4-3-11-24-15)16-12-18(25-20-16)5-8-22(14-18)10-9-21-6-1-2-7-21/h3-4,11H,1-2,5-10,12-14H2,(H,19,23)/t18-/m1/s1. The van der Waals surface area contributed by atoms with Gasteiger partial charge in [-0.15, -0.1) is 0 Å². The number of carbonyl (C=O) groups excluding carboxylic acids is 1. The van der Waals surface area contributed by atoms with Gasteiger partial charge in [0.1, 0.15) is 11.5 Å². The maximum absolute atomic E-state index is 12.3. The number of amides is 1. The molecule has 4 heterocycles. The highest BCUT2D eigenvalue weighted by molar-refractivity contribution is 6.39. The first-order valence-corrected chi connectivity index (χ1v) is 9.23. The highest BCUT2D eigenvalue weighted by Gasteiger charge is 2.46. The van der Waals surface area contributed by atoms with E-state index < -0.39 is 0 Å². The van der Waals surface area contributed by atoms with Gasteiger partial charge in [0.05, 0.1) is 12.8 Å². The summed E-state index contributed by atoms with van der Waals surface area (Å²) in [6.45, 7) is 6.93. The Morgan fingerprint density at radius 1 is 1.24 bits per heavy atom. The molecule has 0 bridgehead atoms. The Morgan fingerprint density at radius 2 is 2.08 bits per heavy atom. The van der Waals surface area contributed by atoms with E-state index in [-0.39, 0.29) is 11.5 Å². The molecule has 0 radical (unpaired) electrons. The molecule has 7 heteroatoms. The zero-order valence-electron chi connectivity index (χ0n) is 14.6. The van der Waals surface area contributed by atoms with Gasteiger partial charge in [-0.25, -0.2) is 0 Å². The van der Waals surface area contributed by atoms with Crippen LogP contribution >= 0.6 is 0 Å². The van der Waals surface area contributed by atoms with Crippen molar-refractivity contribution in [2.75, 3.05) is 39.3 Å². The van der Waals surface area contributed by atoms with Gasteiger partial charge in [-0.3, -0.25) is 9.69 Å². The topological polar surface area (TPSA) is 70.3 Å². The molecule has 1 atom stereocenters. The Balaban J connectivity index is 1.23. The first kappa shape index (κ1) is 16.6. The second kappa shape index (κ2) is 7.17. The van der Waals surface area contributed by atoms with E-state index in [4.69, 9.17) is 9.25 Å². The summed E-state index contributed by atoms with van der Waals surface area (Å²) >= 11 is 0. The third kappa shape index (κ3) is 3.88. The molecule has 4 rings (SSSR count). The minimum Gasteiger partial charge on any atom is -0.467 e.